The van der Waals surface area contributed by atoms with E-state index in [2.05, 4.69) is 10.2 Å². The van der Waals surface area contributed by atoms with Crippen molar-refractivity contribution >= 4 is 17.7 Å². The number of carbonyl (C=O) groups excluding carboxylic acids is 1. The number of hydrogen-bond acceptors (Lipinski definition) is 7. The first-order valence-electron chi connectivity index (χ1n) is 8.51. The fourth-order valence-corrected chi connectivity index (χ4v) is 3.34. The van der Waals surface area contributed by atoms with Gasteiger partial charge in [-0.25, -0.2) is 4.68 Å². The summed E-state index contributed by atoms with van der Waals surface area (Å²) in [6.45, 7) is 6.35. The fraction of sp³-hybridized carbons (Fsp3) is 0.444. The topological polar surface area (TPSA) is 110 Å². The summed E-state index contributed by atoms with van der Waals surface area (Å²) < 4.78 is 7.13. The molecule has 1 aromatic carbocycles. The van der Waals surface area contributed by atoms with Crippen molar-refractivity contribution in [3.05, 3.63) is 35.2 Å². The van der Waals surface area contributed by atoms with Crippen LogP contribution in [0.25, 0.3) is 0 Å². The number of aryl methyl sites for hydroxylation is 2. The van der Waals surface area contributed by atoms with E-state index in [-0.39, 0.29) is 12.5 Å². The Morgan fingerprint density at radius 2 is 2.19 bits per heavy atom. The van der Waals surface area contributed by atoms with Crippen LogP contribution in [0.5, 0.6) is 5.75 Å². The largest absolute Gasteiger partial charge is 0.485 e. The molecule has 1 heterocycles. The summed E-state index contributed by atoms with van der Waals surface area (Å²) in [6, 6.07) is 7.96. The Hall–Kier alpha value is -2.73. The molecule has 0 spiro atoms. The zero-order valence-corrected chi connectivity index (χ0v) is 16.8. The Bertz CT molecular complexity index is 845. The predicted molar refractivity (Wildman–Crippen MR) is 104 cm³/mol. The molecule has 0 saturated carbocycles. The highest BCUT2D eigenvalue weighted by Gasteiger charge is 2.22. The number of ether oxygens (including phenoxy) is 1. The van der Waals surface area contributed by atoms with Gasteiger partial charge in [-0.2, -0.15) is 5.26 Å². The lowest BCUT2D eigenvalue weighted by Crippen LogP contribution is -2.34. The first-order valence-corrected chi connectivity index (χ1v) is 9.39. The van der Waals surface area contributed by atoms with E-state index in [0.29, 0.717) is 23.9 Å². The average molecular weight is 388 g/mol. The Morgan fingerprint density at radius 3 is 2.85 bits per heavy atom. The molecule has 1 atom stereocenters. The van der Waals surface area contributed by atoms with Crippen molar-refractivity contribution < 1.29 is 9.53 Å². The maximum Gasteiger partial charge on any atom is 0.235 e. The molecule has 0 aliphatic carbocycles. The number of amides is 1. The minimum atomic E-state index is -0.395. The van der Waals surface area contributed by atoms with Crippen LogP contribution in [0, 0.1) is 25.2 Å². The van der Waals surface area contributed by atoms with Gasteiger partial charge >= 0.3 is 0 Å². The van der Waals surface area contributed by atoms with Crippen molar-refractivity contribution in [2.45, 2.75) is 44.2 Å². The number of nitrogen functional groups attached to an aromatic ring is 1. The molecule has 1 amide bonds. The summed E-state index contributed by atoms with van der Waals surface area (Å²) in [7, 11) is 1.67. The maximum absolute atomic E-state index is 12.3. The van der Waals surface area contributed by atoms with Crippen molar-refractivity contribution in [1.82, 2.24) is 19.8 Å². The Morgan fingerprint density at radius 1 is 1.44 bits per heavy atom. The van der Waals surface area contributed by atoms with Gasteiger partial charge in [-0.3, -0.25) is 4.79 Å². The van der Waals surface area contributed by atoms with E-state index < -0.39 is 5.25 Å². The molecule has 2 aromatic rings. The molecule has 0 saturated heterocycles. The lowest BCUT2D eigenvalue weighted by atomic mass is 10.1. The van der Waals surface area contributed by atoms with E-state index in [1.165, 1.54) is 26.9 Å². The third-order valence-electron chi connectivity index (χ3n) is 3.99. The quantitative estimate of drug-likeness (QED) is 0.544. The number of nitrogens with zero attached hydrogens (tertiary/aromatic N) is 5. The second kappa shape index (κ2) is 9.28. The van der Waals surface area contributed by atoms with E-state index >= 15 is 0 Å². The van der Waals surface area contributed by atoms with Crippen LogP contribution in [0.3, 0.4) is 0 Å². The van der Waals surface area contributed by atoms with Crippen molar-refractivity contribution in [3.63, 3.8) is 0 Å². The van der Waals surface area contributed by atoms with Gasteiger partial charge in [0, 0.05) is 13.6 Å². The molecule has 27 heavy (non-hydrogen) atoms. The number of hydrogen-bond donors (Lipinski definition) is 1. The second-order valence-corrected chi connectivity index (χ2v) is 7.56. The summed E-state index contributed by atoms with van der Waals surface area (Å²) in [6.07, 6.45) is 0.298. The van der Waals surface area contributed by atoms with Gasteiger partial charge < -0.3 is 15.5 Å². The summed E-state index contributed by atoms with van der Waals surface area (Å²) in [5, 5.41) is 16.8. The van der Waals surface area contributed by atoms with E-state index in [1.54, 1.807) is 14.0 Å². The molecular formula is C18H24N6O2S. The molecule has 0 radical (unpaired) electrons. The molecule has 1 aromatic heterocycles. The Kier molecular flexibility index (Phi) is 7.07. The average Bonchev–Trinajstić information content (AvgIpc) is 2.98. The molecule has 2 N–H and O–H groups in total. The summed E-state index contributed by atoms with van der Waals surface area (Å²) >= 11 is 1.22. The molecule has 144 valence electrons. The molecule has 8 nitrogen and oxygen atoms in total. The Labute approximate surface area is 163 Å². The molecule has 0 aliphatic heterocycles. The van der Waals surface area contributed by atoms with Gasteiger partial charge in [0.15, 0.2) is 5.82 Å². The van der Waals surface area contributed by atoms with Crippen LogP contribution < -0.4 is 10.6 Å². The molecular weight excluding hydrogens is 364 g/mol. The molecule has 0 unspecified atom stereocenters. The monoisotopic (exact) mass is 388 g/mol. The normalized spacial score (nSPS) is 11.7. The highest BCUT2D eigenvalue weighted by Crippen LogP contribution is 2.23. The minimum absolute atomic E-state index is 0.0914. The number of benzene rings is 1. The zero-order chi connectivity index (χ0) is 20.0. The zero-order valence-electron chi connectivity index (χ0n) is 16.0. The highest BCUT2D eigenvalue weighted by atomic mass is 32.2. The standard InChI is InChI=1S/C18H24N6O2S/c1-12-6-7-15(13(2)10-12)26-11-16-21-22-18(24(16)20)27-14(3)17(25)23(4)9-5-8-19/h6-7,10,14H,5,9,11,20H2,1-4H3/t14-/m0/s1. The van der Waals surface area contributed by atoms with Crippen LogP contribution in [0.1, 0.15) is 30.3 Å². The van der Waals surface area contributed by atoms with Crippen LogP contribution in [-0.4, -0.2) is 44.5 Å². The number of rotatable bonds is 8. The SMILES string of the molecule is Cc1ccc(OCc2nnc(S[C@@H](C)C(=O)N(C)CCC#N)n2N)c(C)c1. The fourth-order valence-electron chi connectivity index (χ4n) is 2.44. The summed E-state index contributed by atoms with van der Waals surface area (Å²) in [4.78, 5) is 13.8. The first kappa shape index (κ1) is 20.6. The van der Waals surface area contributed by atoms with E-state index in [9.17, 15) is 4.79 Å². The van der Waals surface area contributed by atoms with Gasteiger partial charge in [0.25, 0.3) is 0 Å². The highest BCUT2D eigenvalue weighted by molar-refractivity contribution is 8.00. The van der Waals surface area contributed by atoms with Gasteiger partial charge in [-0.1, -0.05) is 29.5 Å². The van der Waals surface area contributed by atoms with Crippen molar-refractivity contribution in [2.24, 2.45) is 0 Å². The van der Waals surface area contributed by atoms with E-state index in [1.807, 2.05) is 38.1 Å². The van der Waals surface area contributed by atoms with Gasteiger partial charge in [-0.05, 0) is 32.4 Å². The molecule has 0 fully saturated rings. The number of nitrogens with two attached hydrogens (primary N) is 1. The molecule has 0 aliphatic rings. The number of carbonyl (C=O) groups is 1. The van der Waals surface area contributed by atoms with Gasteiger partial charge in [0.05, 0.1) is 17.7 Å². The van der Waals surface area contributed by atoms with Crippen LogP contribution in [0.15, 0.2) is 23.4 Å². The smallest absolute Gasteiger partial charge is 0.235 e. The van der Waals surface area contributed by atoms with Crippen LogP contribution in [-0.2, 0) is 11.4 Å². The summed E-state index contributed by atoms with van der Waals surface area (Å²) in [5.41, 5.74) is 2.20. The van der Waals surface area contributed by atoms with Gasteiger partial charge in [0.1, 0.15) is 12.4 Å². The van der Waals surface area contributed by atoms with Gasteiger partial charge in [0.2, 0.25) is 11.1 Å². The molecule has 2 rings (SSSR count). The minimum Gasteiger partial charge on any atom is -0.485 e. The number of aromatic nitrogens is 3. The lowest BCUT2D eigenvalue weighted by molar-refractivity contribution is -0.128. The summed E-state index contributed by atoms with van der Waals surface area (Å²) in [5.74, 6) is 7.20. The van der Waals surface area contributed by atoms with Crippen LogP contribution in [0.4, 0.5) is 0 Å². The van der Waals surface area contributed by atoms with Crippen molar-refractivity contribution in [1.29, 1.82) is 5.26 Å². The first-order chi connectivity index (χ1) is 12.8. The van der Waals surface area contributed by atoms with E-state index in [4.69, 9.17) is 15.8 Å². The van der Waals surface area contributed by atoms with Gasteiger partial charge in [-0.15, -0.1) is 10.2 Å². The third kappa shape index (κ3) is 5.37. The van der Waals surface area contributed by atoms with Crippen molar-refractivity contribution in [2.75, 3.05) is 19.4 Å². The Balaban J connectivity index is 1.98. The molecule has 0 bridgehead atoms. The second-order valence-electron chi connectivity index (χ2n) is 6.25. The number of thioether (sulfide) groups is 1. The number of nitriles is 1. The lowest BCUT2D eigenvalue weighted by Gasteiger charge is -2.19. The van der Waals surface area contributed by atoms with Crippen LogP contribution in [0.2, 0.25) is 0 Å². The predicted octanol–water partition coefficient (Wildman–Crippen LogP) is 2.04. The molecule has 9 heteroatoms. The maximum atomic E-state index is 12.3. The van der Waals surface area contributed by atoms with E-state index in [0.717, 1.165) is 11.3 Å². The van der Waals surface area contributed by atoms with Crippen LogP contribution >= 0.6 is 11.8 Å². The van der Waals surface area contributed by atoms with Crippen molar-refractivity contribution in [3.8, 4) is 11.8 Å². The third-order valence-corrected chi connectivity index (χ3v) is 5.03.